The van der Waals surface area contributed by atoms with Gasteiger partial charge in [0.1, 0.15) is 17.4 Å². The second-order valence-electron chi connectivity index (χ2n) is 6.30. The molecular formula is C17H18F2N2O3. The van der Waals surface area contributed by atoms with Gasteiger partial charge < -0.3 is 14.5 Å². The summed E-state index contributed by atoms with van der Waals surface area (Å²) in [6, 6.07) is 3.88. The molecule has 1 aliphatic heterocycles. The van der Waals surface area contributed by atoms with Crippen LogP contribution < -0.4 is 0 Å². The topological polar surface area (TPSA) is 66.6 Å². The van der Waals surface area contributed by atoms with Crippen molar-refractivity contribution in [2.75, 3.05) is 6.54 Å². The van der Waals surface area contributed by atoms with Crippen molar-refractivity contribution < 1.29 is 23.2 Å². The van der Waals surface area contributed by atoms with Crippen molar-refractivity contribution in [1.82, 2.24) is 10.1 Å². The highest BCUT2D eigenvalue weighted by molar-refractivity contribution is 5.92. The largest absolute Gasteiger partial charge is 0.391 e. The molecule has 2 atom stereocenters. The molecule has 0 spiro atoms. The Balaban J connectivity index is 1.92. The van der Waals surface area contributed by atoms with Crippen molar-refractivity contribution in [2.45, 2.75) is 38.3 Å². The number of carbonyl (C=O) groups excluding carboxylic acids is 1. The molecule has 2 aromatic rings. The first-order valence-corrected chi connectivity index (χ1v) is 7.77. The number of aromatic nitrogens is 1. The number of aliphatic hydroxyl groups is 1. The summed E-state index contributed by atoms with van der Waals surface area (Å²) in [5, 5.41) is 13.7. The molecule has 128 valence electrons. The van der Waals surface area contributed by atoms with E-state index < -0.39 is 29.7 Å². The summed E-state index contributed by atoms with van der Waals surface area (Å²) in [5.74, 6) is -1.05. The molecule has 1 amide bonds. The third-order valence-electron chi connectivity index (χ3n) is 4.17. The van der Waals surface area contributed by atoms with Crippen LogP contribution in [0.2, 0.25) is 0 Å². The summed E-state index contributed by atoms with van der Waals surface area (Å²) < 4.78 is 32.7. The summed E-state index contributed by atoms with van der Waals surface area (Å²) in [6.45, 7) is 3.84. The van der Waals surface area contributed by atoms with E-state index in [2.05, 4.69) is 5.16 Å². The first-order valence-electron chi connectivity index (χ1n) is 7.77. The zero-order chi connectivity index (χ0) is 17.4. The van der Waals surface area contributed by atoms with Gasteiger partial charge in [0, 0.05) is 24.1 Å². The average molecular weight is 336 g/mol. The lowest BCUT2D eigenvalue weighted by Gasteiger charge is -2.24. The molecule has 1 aromatic carbocycles. The number of hydrogen-bond acceptors (Lipinski definition) is 4. The van der Waals surface area contributed by atoms with Gasteiger partial charge >= 0.3 is 0 Å². The molecule has 0 unspecified atom stereocenters. The van der Waals surface area contributed by atoms with Gasteiger partial charge in [0.05, 0.1) is 12.1 Å². The van der Waals surface area contributed by atoms with E-state index in [0.717, 1.165) is 18.2 Å². The number of hydrogen-bond donors (Lipinski definition) is 1. The second-order valence-corrected chi connectivity index (χ2v) is 6.30. The molecule has 0 saturated carbocycles. The van der Waals surface area contributed by atoms with Crippen LogP contribution in [-0.2, 0) is 0 Å². The van der Waals surface area contributed by atoms with Crippen LogP contribution in [-0.4, -0.2) is 33.7 Å². The number of rotatable bonds is 3. The van der Waals surface area contributed by atoms with Crippen LogP contribution in [0.25, 0.3) is 0 Å². The predicted octanol–water partition coefficient (Wildman–Crippen LogP) is 3.02. The predicted molar refractivity (Wildman–Crippen MR) is 81.4 cm³/mol. The Kier molecular flexibility index (Phi) is 4.36. The van der Waals surface area contributed by atoms with E-state index in [-0.39, 0.29) is 30.1 Å². The van der Waals surface area contributed by atoms with Gasteiger partial charge in [-0.25, -0.2) is 8.78 Å². The highest BCUT2D eigenvalue weighted by Gasteiger charge is 2.38. The fourth-order valence-electron chi connectivity index (χ4n) is 2.91. The molecule has 1 saturated heterocycles. The van der Waals surface area contributed by atoms with Gasteiger partial charge in [0.25, 0.3) is 5.91 Å². The van der Waals surface area contributed by atoms with Crippen LogP contribution in [0.3, 0.4) is 0 Å². The number of amides is 1. The highest BCUT2D eigenvalue weighted by atomic mass is 19.1. The Hall–Kier alpha value is -2.28. The lowest BCUT2D eigenvalue weighted by molar-refractivity contribution is 0.0703. The summed E-state index contributed by atoms with van der Waals surface area (Å²) in [6.07, 6.45) is -0.667. The normalized spacial score (nSPS) is 20.8. The van der Waals surface area contributed by atoms with Crippen LogP contribution in [0, 0.1) is 11.6 Å². The van der Waals surface area contributed by atoms with E-state index in [1.54, 1.807) is 0 Å². The zero-order valence-corrected chi connectivity index (χ0v) is 13.4. The number of likely N-dealkylation sites (tertiary alicyclic amines) is 1. The van der Waals surface area contributed by atoms with E-state index in [1.807, 2.05) is 13.8 Å². The lowest BCUT2D eigenvalue weighted by atomic mass is 10.0. The monoisotopic (exact) mass is 336 g/mol. The summed E-state index contributed by atoms with van der Waals surface area (Å²) in [4.78, 5) is 14.0. The number of carbonyl (C=O) groups is 1. The maximum Gasteiger partial charge on any atom is 0.276 e. The van der Waals surface area contributed by atoms with Gasteiger partial charge in [-0.05, 0) is 24.6 Å². The molecule has 1 N–H and O–H groups in total. The molecule has 5 nitrogen and oxygen atoms in total. The van der Waals surface area contributed by atoms with E-state index >= 15 is 0 Å². The summed E-state index contributed by atoms with van der Waals surface area (Å²) in [5.41, 5.74) is 0.141. The Bertz CT molecular complexity index is 760. The molecule has 1 aliphatic rings. The van der Waals surface area contributed by atoms with Crippen LogP contribution in [0.5, 0.6) is 0 Å². The Morgan fingerprint density at radius 3 is 2.79 bits per heavy atom. The van der Waals surface area contributed by atoms with E-state index in [0.29, 0.717) is 5.76 Å². The molecular weight excluding hydrogens is 318 g/mol. The van der Waals surface area contributed by atoms with Gasteiger partial charge in [0.2, 0.25) is 0 Å². The Morgan fingerprint density at radius 1 is 1.38 bits per heavy atom. The molecule has 7 heteroatoms. The number of nitrogens with zero attached hydrogens (tertiary/aromatic N) is 2. The highest BCUT2D eigenvalue weighted by Crippen LogP contribution is 2.35. The van der Waals surface area contributed by atoms with Crippen LogP contribution in [0.15, 0.2) is 28.8 Å². The SMILES string of the molecule is CC(C)c1cc(C(=O)N2C[C@H](O)C[C@@H]2c2cc(F)ccc2F)no1. The first-order chi connectivity index (χ1) is 11.4. The number of benzene rings is 1. The number of aliphatic hydroxyl groups excluding tert-OH is 1. The standard InChI is InChI=1S/C17H18F2N2O3/c1-9(2)16-7-14(20-24-16)17(23)21-8-11(22)6-15(21)12-5-10(18)3-4-13(12)19/h3-5,7,9,11,15,22H,6,8H2,1-2H3/t11-,15-/m1/s1. The smallest absolute Gasteiger partial charge is 0.276 e. The minimum atomic E-state index is -0.807. The van der Waals surface area contributed by atoms with Crippen LogP contribution >= 0.6 is 0 Å². The molecule has 0 aliphatic carbocycles. The third kappa shape index (κ3) is 3.03. The van der Waals surface area contributed by atoms with Gasteiger partial charge in [-0.3, -0.25) is 4.79 Å². The van der Waals surface area contributed by atoms with Crippen molar-refractivity contribution >= 4 is 5.91 Å². The van der Waals surface area contributed by atoms with Crippen molar-refractivity contribution in [1.29, 1.82) is 0 Å². The summed E-state index contributed by atoms with van der Waals surface area (Å²) >= 11 is 0. The minimum absolute atomic E-state index is 0.0311. The molecule has 0 radical (unpaired) electrons. The summed E-state index contributed by atoms with van der Waals surface area (Å²) in [7, 11) is 0. The van der Waals surface area contributed by atoms with Gasteiger partial charge in [-0.2, -0.15) is 0 Å². The van der Waals surface area contributed by atoms with Crippen LogP contribution in [0.1, 0.15) is 54.0 Å². The molecule has 24 heavy (non-hydrogen) atoms. The van der Waals surface area contributed by atoms with Gasteiger partial charge in [0.15, 0.2) is 5.69 Å². The molecule has 3 rings (SSSR count). The van der Waals surface area contributed by atoms with Crippen LogP contribution in [0.4, 0.5) is 8.78 Å². The van der Waals surface area contributed by atoms with Gasteiger partial charge in [-0.15, -0.1) is 0 Å². The zero-order valence-electron chi connectivity index (χ0n) is 13.4. The fourth-order valence-corrected chi connectivity index (χ4v) is 2.91. The quantitative estimate of drug-likeness (QED) is 0.936. The maximum absolute atomic E-state index is 14.1. The Labute approximate surface area is 137 Å². The van der Waals surface area contributed by atoms with Crippen molar-refractivity contribution in [3.8, 4) is 0 Å². The average Bonchev–Trinajstić information content (AvgIpc) is 3.16. The first kappa shape index (κ1) is 16.6. The van der Waals surface area contributed by atoms with E-state index in [1.165, 1.54) is 11.0 Å². The van der Waals surface area contributed by atoms with Crippen molar-refractivity contribution in [3.63, 3.8) is 0 Å². The molecule has 2 heterocycles. The van der Waals surface area contributed by atoms with E-state index in [4.69, 9.17) is 4.52 Å². The second kappa shape index (κ2) is 6.32. The van der Waals surface area contributed by atoms with Crippen molar-refractivity contribution in [2.24, 2.45) is 0 Å². The lowest BCUT2D eigenvalue weighted by Crippen LogP contribution is -2.32. The molecule has 1 fully saturated rings. The molecule has 1 aromatic heterocycles. The van der Waals surface area contributed by atoms with Crippen molar-refractivity contribution in [3.05, 3.63) is 52.9 Å². The van der Waals surface area contributed by atoms with Gasteiger partial charge in [-0.1, -0.05) is 19.0 Å². The Morgan fingerprint density at radius 2 is 2.12 bits per heavy atom. The number of β-amino-alcohol motifs (C(OH)–C–C–N with tert-alkyl or cyclic N) is 1. The third-order valence-corrected chi connectivity index (χ3v) is 4.17. The number of halogens is 2. The molecule has 0 bridgehead atoms. The fraction of sp³-hybridized carbons (Fsp3) is 0.412. The van der Waals surface area contributed by atoms with E-state index in [9.17, 15) is 18.7 Å². The minimum Gasteiger partial charge on any atom is -0.391 e. The maximum atomic E-state index is 14.1.